The van der Waals surface area contributed by atoms with Gasteiger partial charge in [-0.25, -0.2) is 0 Å². The molecule has 24 heavy (non-hydrogen) atoms. The van der Waals surface area contributed by atoms with Gasteiger partial charge in [-0.1, -0.05) is 40.2 Å². The van der Waals surface area contributed by atoms with Gasteiger partial charge in [-0.2, -0.15) is 0 Å². The van der Waals surface area contributed by atoms with Crippen molar-refractivity contribution in [1.82, 2.24) is 5.32 Å². The lowest BCUT2D eigenvalue weighted by Crippen LogP contribution is -2.49. The van der Waals surface area contributed by atoms with Crippen molar-refractivity contribution in [3.8, 4) is 5.75 Å². The number of hydrogen-bond donors (Lipinski definition) is 2. The van der Waals surface area contributed by atoms with E-state index < -0.39 is 5.54 Å². The Morgan fingerprint density at radius 2 is 1.92 bits per heavy atom. The molecule has 0 saturated heterocycles. The molecule has 2 rings (SSSR count). The number of carbonyl (C=O) groups excluding carboxylic acids is 1. The number of rotatable bonds is 6. The van der Waals surface area contributed by atoms with Crippen LogP contribution in [-0.4, -0.2) is 19.1 Å². The molecule has 0 spiro atoms. The van der Waals surface area contributed by atoms with Gasteiger partial charge in [-0.15, -0.1) is 12.4 Å². The van der Waals surface area contributed by atoms with Crippen molar-refractivity contribution >= 4 is 34.2 Å². The molecule has 0 aliphatic carbocycles. The third-order valence-corrected chi connectivity index (χ3v) is 4.09. The number of nitrogens with two attached hydrogens (primary N) is 1. The van der Waals surface area contributed by atoms with E-state index in [1.165, 1.54) is 0 Å². The Balaban J connectivity index is 0.00000288. The van der Waals surface area contributed by atoms with E-state index in [4.69, 9.17) is 10.5 Å². The summed E-state index contributed by atoms with van der Waals surface area (Å²) in [5.74, 6) is 0.565. The summed E-state index contributed by atoms with van der Waals surface area (Å²) < 4.78 is 6.56. The van der Waals surface area contributed by atoms with Crippen molar-refractivity contribution in [2.24, 2.45) is 5.73 Å². The lowest BCUT2D eigenvalue weighted by Gasteiger charge is -2.24. The average Bonchev–Trinajstić information content (AvgIpc) is 2.52. The normalized spacial score (nSPS) is 12.7. The van der Waals surface area contributed by atoms with Crippen LogP contribution in [0, 0.1) is 6.92 Å². The van der Waals surface area contributed by atoms with E-state index in [9.17, 15) is 4.79 Å². The lowest BCUT2D eigenvalue weighted by molar-refractivity contribution is -0.126. The van der Waals surface area contributed by atoms with Gasteiger partial charge in [0.15, 0.2) is 0 Å². The molecule has 1 unspecified atom stereocenters. The smallest absolute Gasteiger partial charge is 0.244 e. The third kappa shape index (κ3) is 5.51. The van der Waals surface area contributed by atoms with Crippen molar-refractivity contribution in [1.29, 1.82) is 0 Å². The number of hydrogen-bond acceptors (Lipinski definition) is 3. The zero-order valence-electron chi connectivity index (χ0n) is 13.7. The highest BCUT2D eigenvalue weighted by molar-refractivity contribution is 9.10. The maximum atomic E-state index is 12.3. The topological polar surface area (TPSA) is 64.3 Å². The first-order valence-electron chi connectivity index (χ1n) is 7.42. The van der Waals surface area contributed by atoms with Gasteiger partial charge in [-0.3, -0.25) is 4.79 Å². The molecule has 0 saturated carbocycles. The fraction of sp³-hybridized carbons (Fsp3) is 0.278. The molecular formula is C18H22BrClN2O2. The van der Waals surface area contributed by atoms with Crippen LogP contribution >= 0.6 is 28.3 Å². The van der Waals surface area contributed by atoms with E-state index in [1.807, 2.05) is 55.5 Å². The molecule has 4 nitrogen and oxygen atoms in total. The summed E-state index contributed by atoms with van der Waals surface area (Å²) in [6.45, 7) is 4.50. The Kier molecular flexibility index (Phi) is 7.73. The quantitative estimate of drug-likeness (QED) is 0.712. The number of halogens is 2. The lowest BCUT2D eigenvalue weighted by atomic mass is 9.92. The largest absolute Gasteiger partial charge is 0.492 e. The van der Waals surface area contributed by atoms with Crippen molar-refractivity contribution in [3.63, 3.8) is 0 Å². The predicted molar refractivity (Wildman–Crippen MR) is 103 cm³/mol. The molecule has 2 aromatic rings. The van der Waals surface area contributed by atoms with Crippen molar-refractivity contribution in [2.45, 2.75) is 19.4 Å². The van der Waals surface area contributed by atoms with E-state index >= 15 is 0 Å². The van der Waals surface area contributed by atoms with E-state index in [-0.39, 0.29) is 18.3 Å². The molecule has 0 heterocycles. The SMILES string of the molecule is Cc1cccc(OCCNC(=O)C(C)(N)c2ccc(Br)cc2)c1.Cl. The number of benzene rings is 2. The molecule has 6 heteroatoms. The Morgan fingerprint density at radius 1 is 1.25 bits per heavy atom. The monoisotopic (exact) mass is 412 g/mol. The van der Waals surface area contributed by atoms with Gasteiger partial charge in [0, 0.05) is 4.47 Å². The van der Waals surface area contributed by atoms with Gasteiger partial charge in [0.25, 0.3) is 0 Å². The first-order valence-corrected chi connectivity index (χ1v) is 8.21. The molecule has 1 atom stereocenters. The van der Waals surface area contributed by atoms with Crippen LogP contribution in [0.25, 0.3) is 0 Å². The third-order valence-electron chi connectivity index (χ3n) is 3.56. The van der Waals surface area contributed by atoms with Gasteiger partial charge < -0.3 is 15.8 Å². The van der Waals surface area contributed by atoms with Crippen LogP contribution in [0.4, 0.5) is 0 Å². The zero-order valence-corrected chi connectivity index (χ0v) is 16.1. The molecule has 0 bridgehead atoms. The second kappa shape index (κ2) is 9.06. The maximum absolute atomic E-state index is 12.3. The minimum atomic E-state index is -1.08. The van der Waals surface area contributed by atoms with Gasteiger partial charge in [-0.05, 0) is 49.2 Å². The van der Waals surface area contributed by atoms with Crippen LogP contribution in [0.3, 0.4) is 0 Å². The molecule has 0 aliphatic rings. The molecule has 0 aliphatic heterocycles. The van der Waals surface area contributed by atoms with E-state index in [0.717, 1.165) is 21.3 Å². The maximum Gasteiger partial charge on any atom is 0.244 e. The number of aryl methyl sites for hydroxylation is 1. The van der Waals surface area contributed by atoms with Crippen molar-refractivity contribution < 1.29 is 9.53 Å². The average molecular weight is 414 g/mol. The standard InChI is InChI=1S/C18H21BrN2O2.ClH/c1-13-4-3-5-16(12-13)23-11-10-21-17(22)18(2,20)14-6-8-15(19)9-7-14;/h3-9,12H,10-11,20H2,1-2H3,(H,21,22);1H. The van der Waals surface area contributed by atoms with Crippen LogP contribution < -0.4 is 15.8 Å². The summed E-state index contributed by atoms with van der Waals surface area (Å²) in [4.78, 5) is 12.3. The van der Waals surface area contributed by atoms with Crippen LogP contribution in [-0.2, 0) is 10.3 Å². The van der Waals surface area contributed by atoms with Crippen LogP contribution in [0.1, 0.15) is 18.1 Å². The highest BCUT2D eigenvalue weighted by Gasteiger charge is 2.30. The summed E-state index contributed by atoms with van der Waals surface area (Å²) in [7, 11) is 0. The number of amides is 1. The van der Waals surface area contributed by atoms with Crippen LogP contribution in [0.2, 0.25) is 0 Å². The van der Waals surface area contributed by atoms with Gasteiger partial charge in [0.2, 0.25) is 5.91 Å². The molecule has 3 N–H and O–H groups in total. The van der Waals surface area contributed by atoms with E-state index in [1.54, 1.807) is 6.92 Å². The van der Waals surface area contributed by atoms with E-state index in [2.05, 4.69) is 21.2 Å². The minimum absolute atomic E-state index is 0. The predicted octanol–water partition coefficient (Wildman–Crippen LogP) is 3.55. The molecule has 2 aromatic carbocycles. The summed E-state index contributed by atoms with van der Waals surface area (Å²) in [6, 6.07) is 15.2. The first-order chi connectivity index (χ1) is 10.9. The molecule has 0 radical (unpaired) electrons. The Morgan fingerprint density at radius 3 is 2.54 bits per heavy atom. The Bertz CT molecular complexity index is 675. The summed E-state index contributed by atoms with van der Waals surface area (Å²) in [6.07, 6.45) is 0. The van der Waals surface area contributed by atoms with Crippen molar-refractivity contribution in [2.75, 3.05) is 13.2 Å². The number of carbonyl (C=O) groups is 1. The van der Waals surface area contributed by atoms with Crippen molar-refractivity contribution in [3.05, 3.63) is 64.1 Å². The number of ether oxygens (including phenoxy) is 1. The summed E-state index contributed by atoms with van der Waals surface area (Å²) in [5, 5.41) is 2.82. The highest BCUT2D eigenvalue weighted by atomic mass is 79.9. The van der Waals surface area contributed by atoms with E-state index in [0.29, 0.717) is 13.2 Å². The summed E-state index contributed by atoms with van der Waals surface area (Å²) >= 11 is 3.37. The Labute approximate surface area is 157 Å². The van der Waals surface area contributed by atoms with Gasteiger partial charge in [0.1, 0.15) is 17.9 Å². The minimum Gasteiger partial charge on any atom is -0.492 e. The fourth-order valence-electron chi connectivity index (χ4n) is 2.15. The summed E-state index contributed by atoms with van der Waals surface area (Å²) in [5.41, 5.74) is 6.99. The van der Waals surface area contributed by atoms with Crippen LogP contribution in [0.5, 0.6) is 5.75 Å². The van der Waals surface area contributed by atoms with Crippen LogP contribution in [0.15, 0.2) is 53.0 Å². The van der Waals surface area contributed by atoms with Gasteiger partial charge in [0.05, 0.1) is 6.54 Å². The second-order valence-electron chi connectivity index (χ2n) is 5.63. The molecule has 130 valence electrons. The zero-order chi connectivity index (χ0) is 16.9. The highest BCUT2D eigenvalue weighted by Crippen LogP contribution is 2.20. The number of nitrogens with one attached hydrogen (secondary N) is 1. The second-order valence-corrected chi connectivity index (χ2v) is 6.55. The first kappa shape index (κ1) is 20.5. The molecule has 0 fully saturated rings. The van der Waals surface area contributed by atoms with Gasteiger partial charge >= 0.3 is 0 Å². The molecule has 1 amide bonds. The fourth-order valence-corrected chi connectivity index (χ4v) is 2.41. The Hall–Kier alpha value is -1.56. The molecular weight excluding hydrogens is 392 g/mol. The molecule has 0 aromatic heterocycles.